The van der Waals surface area contributed by atoms with Gasteiger partial charge in [-0.25, -0.2) is 4.98 Å². The number of amides is 1. The molecule has 1 saturated carbocycles. The van der Waals surface area contributed by atoms with Crippen LogP contribution in [0.3, 0.4) is 0 Å². The number of hydrogen-bond donors (Lipinski definition) is 1. The zero-order chi connectivity index (χ0) is 17.2. The molecule has 1 N–H and O–H groups in total. The molecule has 3 heterocycles. The highest BCUT2D eigenvalue weighted by Crippen LogP contribution is 2.23. The Morgan fingerprint density at radius 1 is 1.16 bits per heavy atom. The van der Waals surface area contributed by atoms with Crippen LogP contribution in [0.15, 0.2) is 34.9 Å². The molecule has 2 fully saturated rings. The first-order valence-corrected chi connectivity index (χ1v) is 9.27. The molecule has 132 valence electrons. The van der Waals surface area contributed by atoms with E-state index < -0.39 is 0 Å². The number of hydrogen-bond acceptors (Lipinski definition) is 4. The molecule has 1 aliphatic heterocycles. The number of nitrogens with one attached hydrogen (secondary N) is 1. The second-order valence-electron chi connectivity index (χ2n) is 7.17. The molecule has 0 aromatic carbocycles. The summed E-state index contributed by atoms with van der Waals surface area (Å²) >= 11 is 0. The van der Waals surface area contributed by atoms with Gasteiger partial charge in [0.1, 0.15) is 5.69 Å². The zero-order valence-electron chi connectivity index (χ0n) is 14.7. The van der Waals surface area contributed by atoms with Gasteiger partial charge in [0.05, 0.1) is 17.5 Å². The van der Waals surface area contributed by atoms with Crippen molar-refractivity contribution in [2.24, 2.45) is 0 Å². The maximum Gasteiger partial charge on any atom is 0.255 e. The third-order valence-electron chi connectivity index (χ3n) is 5.45. The summed E-state index contributed by atoms with van der Waals surface area (Å²) in [7, 11) is 0. The van der Waals surface area contributed by atoms with E-state index in [4.69, 9.17) is 4.42 Å². The first-order valence-electron chi connectivity index (χ1n) is 9.27. The van der Waals surface area contributed by atoms with Crippen LogP contribution in [0.5, 0.6) is 0 Å². The maximum atomic E-state index is 12.9. The van der Waals surface area contributed by atoms with Crippen LogP contribution in [0.25, 0.3) is 11.5 Å². The molecule has 1 amide bonds. The molecule has 0 atom stereocenters. The van der Waals surface area contributed by atoms with Gasteiger partial charge in [-0.2, -0.15) is 0 Å². The van der Waals surface area contributed by atoms with Crippen molar-refractivity contribution in [1.29, 1.82) is 0 Å². The second kappa shape index (κ2) is 7.00. The monoisotopic (exact) mass is 339 g/mol. The van der Waals surface area contributed by atoms with Crippen molar-refractivity contribution in [1.82, 2.24) is 15.2 Å². The van der Waals surface area contributed by atoms with Gasteiger partial charge in [0.25, 0.3) is 5.91 Å². The van der Waals surface area contributed by atoms with Gasteiger partial charge in [-0.05, 0) is 56.9 Å². The fourth-order valence-electron chi connectivity index (χ4n) is 3.68. The molecule has 0 radical (unpaired) electrons. The van der Waals surface area contributed by atoms with Crippen LogP contribution in [0.2, 0.25) is 0 Å². The lowest BCUT2D eigenvalue weighted by molar-refractivity contribution is 0.0696. The number of piperidine rings is 1. The molecular weight excluding hydrogens is 314 g/mol. The molecule has 5 nitrogen and oxygen atoms in total. The van der Waals surface area contributed by atoms with E-state index in [1.54, 1.807) is 6.26 Å². The number of nitrogens with zero attached hydrogens (tertiary/aromatic N) is 2. The molecule has 2 aromatic rings. The zero-order valence-corrected chi connectivity index (χ0v) is 14.7. The minimum absolute atomic E-state index is 0.0955. The van der Waals surface area contributed by atoms with Crippen molar-refractivity contribution < 1.29 is 9.21 Å². The Bertz CT molecular complexity index is 729. The normalized spacial score (nSPS) is 19.0. The number of likely N-dealkylation sites (tertiary alicyclic amines) is 1. The van der Waals surface area contributed by atoms with Crippen molar-refractivity contribution in [2.45, 2.75) is 51.1 Å². The lowest BCUT2D eigenvalue weighted by atomic mass is 9.91. The summed E-state index contributed by atoms with van der Waals surface area (Å²) in [5, 5.41) is 3.73. The van der Waals surface area contributed by atoms with E-state index >= 15 is 0 Å². The van der Waals surface area contributed by atoms with E-state index in [1.807, 2.05) is 36.1 Å². The third kappa shape index (κ3) is 3.47. The van der Waals surface area contributed by atoms with E-state index in [-0.39, 0.29) is 5.91 Å². The van der Waals surface area contributed by atoms with Crippen LogP contribution in [0.1, 0.15) is 48.2 Å². The molecule has 5 heteroatoms. The lowest BCUT2D eigenvalue weighted by Crippen LogP contribution is -2.49. The number of rotatable bonds is 4. The Morgan fingerprint density at radius 2 is 1.92 bits per heavy atom. The van der Waals surface area contributed by atoms with Crippen molar-refractivity contribution in [3.63, 3.8) is 0 Å². The van der Waals surface area contributed by atoms with Gasteiger partial charge in [0.15, 0.2) is 5.76 Å². The topological polar surface area (TPSA) is 58.4 Å². The Hall–Kier alpha value is -2.14. The van der Waals surface area contributed by atoms with Gasteiger partial charge in [-0.15, -0.1) is 0 Å². The van der Waals surface area contributed by atoms with Crippen molar-refractivity contribution in [3.05, 3.63) is 41.8 Å². The van der Waals surface area contributed by atoms with E-state index in [1.165, 1.54) is 19.3 Å². The first-order chi connectivity index (χ1) is 12.2. The smallest absolute Gasteiger partial charge is 0.255 e. The van der Waals surface area contributed by atoms with Crippen LogP contribution in [-0.2, 0) is 0 Å². The van der Waals surface area contributed by atoms with Gasteiger partial charge in [-0.3, -0.25) is 4.79 Å². The largest absolute Gasteiger partial charge is 0.463 e. The van der Waals surface area contributed by atoms with Gasteiger partial charge in [0.2, 0.25) is 0 Å². The summed E-state index contributed by atoms with van der Waals surface area (Å²) in [6, 6.07) is 8.74. The Balaban J connectivity index is 1.39. The van der Waals surface area contributed by atoms with E-state index in [9.17, 15) is 4.79 Å². The fourth-order valence-corrected chi connectivity index (χ4v) is 3.68. The molecule has 0 spiro atoms. The van der Waals surface area contributed by atoms with Crippen LogP contribution in [-0.4, -0.2) is 41.0 Å². The van der Waals surface area contributed by atoms with Crippen LogP contribution in [0.4, 0.5) is 0 Å². The summed E-state index contributed by atoms with van der Waals surface area (Å²) in [5.74, 6) is 0.822. The number of aromatic nitrogens is 1. The van der Waals surface area contributed by atoms with E-state index in [0.717, 1.165) is 43.1 Å². The number of carbonyl (C=O) groups excluding carboxylic acids is 1. The van der Waals surface area contributed by atoms with Gasteiger partial charge < -0.3 is 14.6 Å². The average molecular weight is 339 g/mol. The summed E-state index contributed by atoms with van der Waals surface area (Å²) < 4.78 is 5.38. The average Bonchev–Trinajstić information content (AvgIpc) is 3.13. The van der Waals surface area contributed by atoms with Crippen molar-refractivity contribution >= 4 is 5.91 Å². The molecule has 1 saturated heterocycles. The molecular formula is C20H25N3O2. The van der Waals surface area contributed by atoms with Crippen molar-refractivity contribution in [2.75, 3.05) is 13.1 Å². The number of furan rings is 1. The second-order valence-corrected chi connectivity index (χ2v) is 7.17. The standard InChI is InChI=1S/C20H25N3O2/c1-14-17(7-8-18(21-14)19-6-3-13-25-19)20(24)23-11-9-16(10-12-23)22-15-4-2-5-15/h3,6-8,13,15-16,22H,2,4-5,9-12H2,1H3. The van der Waals surface area contributed by atoms with Crippen molar-refractivity contribution in [3.8, 4) is 11.5 Å². The van der Waals surface area contributed by atoms with Gasteiger partial charge in [0, 0.05) is 25.2 Å². The van der Waals surface area contributed by atoms with E-state index in [2.05, 4.69) is 10.3 Å². The quantitative estimate of drug-likeness (QED) is 0.927. The third-order valence-corrected chi connectivity index (χ3v) is 5.45. The molecule has 2 aliphatic rings. The number of aryl methyl sites for hydroxylation is 1. The van der Waals surface area contributed by atoms with Gasteiger partial charge in [-0.1, -0.05) is 6.42 Å². The minimum Gasteiger partial charge on any atom is -0.463 e. The predicted octanol–water partition coefficient (Wildman–Crippen LogP) is 3.40. The molecule has 25 heavy (non-hydrogen) atoms. The summed E-state index contributed by atoms with van der Waals surface area (Å²) in [5.41, 5.74) is 2.22. The highest BCUT2D eigenvalue weighted by molar-refractivity contribution is 5.95. The SMILES string of the molecule is Cc1nc(-c2ccco2)ccc1C(=O)N1CCC(NC2CCC2)CC1. The molecule has 0 unspecified atom stereocenters. The minimum atomic E-state index is 0.0955. The van der Waals surface area contributed by atoms with Crippen LogP contribution >= 0.6 is 0 Å². The number of pyridine rings is 1. The molecule has 2 aromatic heterocycles. The number of carbonyl (C=O) groups is 1. The fraction of sp³-hybridized carbons (Fsp3) is 0.500. The highest BCUT2D eigenvalue weighted by Gasteiger charge is 2.27. The Kier molecular flexibility index (Phi) is 4.57. The summed E-state index contributed by atoms with van der Waals surface area (Å²) in [4.78, 5) is 19.4. The first kappa shape index (κ1) is 16.3. The molecule has 4 rings (SSSR count). The van der Waals surface area contributed by atoms with Crippen LogP contribution < -0.4 is 5.32 Å². The van der Waals surface area contributed by atoms with Gasteiger partial charge >= 0.3 is 0 Å². The highest BCUT2D eigenvalue weighted by atomic mass is 16.3. The van der Waals surface area contributed by atoms with Crippen LogP contribution in [0, 0.1) is 6.92 Å². The molecule has 0 bridgehead atoms. The van der Waals surface area contributed by atoms with E-state index in [0.29, 0.717) is 17.6 Å². The Labute approximate surface area is 148 Å². The summed E-state index contributed by atoms with van der Waals surface area (Å²) in [6.45, 7) is 3.54. The predicted molar refractivity (Wildman–Crippen MR) is 96.4 cm³/mol. The summed E-state index contributed by atoms with van der Waals surface area (Å²) in [6.07, 6.45) is 7.69. The Morgan fingerprint density at radius 3 is 2.52 bits per heavy atom. The lowest BCUT2D eigenvalue weighted by Gasteiger charge is -2.37. The maximum absolute atomic E-state index is 12.9. The molecule has 1 aliphatic carbocycles.